The summed E-state index contributed by atoms with van der Waals surface area (Å²) in [5, 5.41) is 5.16. The minimum atomic E-state index is -0.486. The molecule has 0 aliphatic rings. The number of aromatic nitrogens is 4. The molecule has 1 aromatic carbocycles. The predicted molar refractivity (Wildman–Crippen MR) is 80.5 cm³/mol. The van der Waals surface area contributed by atoms with E-state index in [9.17, 15) is 9.18 Å². The van der Waals surface area contributed by atoms with Crippen LogP contribution in [-0.2, 0) is 17.8 Å². The lowest BCUT2D eigenvalue weighted by molar-refractivity contribution is -0.118. The van der Waals surface area contributed by atoms with Crippen molar-refractivity contribution in [2.24, 2.45) is 5.73 Å². The lowest BCUT2D eigenvalue weighted by Crippen LogP contribution is -2.20. The van der Waals surface area contributed by atoms with Crippen molar-refractivity contribution in [2.75, 3.05) is 0 Å². The van der Waals surface area contributed by atoms with Crippen LogP contribution in [0.5, 0.6) is 0 Å². The monoisotopic (exact) mass is 301 g/mol. The molecule has 0 saturated carbocycles. The molecule has 0 aliphatic carbocycles. The second-order valence-corrected chi connectivity index (χ2v) is 5.12. The van der Waals surface area contributed by atoms with Crippen LogP contribution < -0.4 is 5.73 Å². The van der Waals surface area contributed by atoms with E-state index in [-0.39, 0.29) is 12.4 Å². The zero-order chi connectivity index (χ0) is 15.7. The van der Waals surface area contributed by atoms with Gasteiger partial charge in [0.2, 0.25) is 5.91 Å². The summed E-state index contributed by atoms with van der Waals surface area (Å²) in [6.45, 7) is 1.99. The van der Waals surface area contributed by atoms with Gasteiger partial charge in [-0.15, -0.1) is 0 Å². The number of H-pyrrole nitrogens is 1. The summed E-state index contributed by atoms with van der Waals surface area (Å²) in [6, 6.07) is 4.49. The topological polar surface area (TPSA) is 89.6 Å². The number of hydrogen-bond acceptors (Lipinski definition) is 3. The smallest absolute Gasteiger partial charge is 0.239 e. The van der Waals surface area contributed by atoms with Gasteiger partial charge in [0.25, 0.3) is 0 Å². The summed E-state index contributed by atoms with van der Waals surface area (Å²) in [6.07, 6.45) is 3.36. The van der Waals surface area contributed by atoms with Crippen LogP contribution in [0.25, 0.3) is 22.3 Å². The SMILES string of the molecule is CCCc1nc(-c2c[nH]c3cc(F)ccc23)n(CC(N)=O)n1. The highest BCUT2D eigenvalue weighted by Gasteiger charge is 2.16. The molecule has 3 rings (SSSR count). The van der Waals surface area contributed by atoms with Gasteiger partial charge in [-0.25, -0.2) is 14.1 Å². The molecule has 3 N–H and O–H groups in total. The van der Waals surface area contributed by atoms with Gasteiger partial charge in [0.05, 0.1) is 0 Å². The Hall–Kier alpha value is -2.70. The number of rotatable bonds is 5. The highest BCUT2D eigenvalue weighted by atomic mass is 19.1. The number of carbonyl (C=O) groups is 1. The normalized spacial score (nSPS) is 11.2. The van der Waals surface area contributed by atoms with Gasteiger partial charge in [-0.05, 0) is 24.6 Å². The van der Waals surface area contributed by atoms with Gasteiger partial charge in [0.1, 0.15) is 12.4 Å². The Balaban J connectivity index is 2.13. The highest BCUT2D eigenvalue weighted by Crippen LogP contribution is 2.28. The average molecular weight is 301 g/mol. The number of fused-ring (bicyclic) bond motifs is 1. The van der Waals surface area contributed by atoms with Crippen molar-refractivity contribution in [3.8, 4) is 11.4 Å². The van der Waals surface area contributed by atoms with E-state index in [4.69, 9.17) is 5.73 Å². The molecule has 22 heavy (non-hydrogen) atoms. The first-order valence-corrected chi connectivity index (χ1v) is 7.07. The van der Waals surface area contributed by atoms with Gasteiger partial charge in [-0.3, -0.25) is 4.79 Å². The molecule has 0 bridgehead atoms. The Morgan fingerprint density at radius 1 is 1.45 bits per heavy atom. The maximum Gasteiger partial charge on any atom is 0.239 e. The first-order chi connectivity index (χ1) is 10.6. The molecule has 0 atom stereocenters. The number of nitrogens with one attached hydrogen (secondary N) is 1. The first-order valence-electron chi connectivity index (χ1n) is 7.07. The van der Waals surface area contributed by atoms with E-state index in [1.807, 2.05) is 6.92 Å². The number of aromatic amines is 1. The van der Waals surface area contributed by atoms with E-state index in [0.717, 1.165) is 23.8 Å². The standard InChI is InChI=1S/C15H16FN5O/c1-2-3-14-19-15(21(20-14)8-13(17)22)11-7-18-12-6-9(16)4-5-10(11)12/h4-7,18H,2-3,8H2,1H3,(H2,17,22). The molecule has 114 valence electrons. The van der Waals surface area contributed by atoms with E-state index < -0.39 is 5.91 Å². The van der Waals surface area contributed by atoms with Crippen LogP contribution in [0.1, 0.15) is 19.2 Å². The molecule has 0 radical (unpaired) electrons. The van der Waals surface area contributed by atoms with Crippen molar-refractivity contribution >= 4 is 16.8 Å². The van der Waals surface area contributed by atoms with Crippen molar-refractivity contribution in [2.45, 2.75) is 26.3 Å². The molecule has 3 aromatic rings. The van der Waals surface area contributed by atoms with Crippen molar-refractivity contribution in [3.63, 3.8) is 0 Å². The highest BCUT2D eigenvalue weighted by molar-refractivity contribution is 5.94. The van der Waals surface area contributed by atoms with Crippen LogP contribution in [0.4, 0.5) is 4.39 Å². The largest absolute Gasteiger partial charge is 0.368 e. The quantitative estimate of drug-likeness (QED) is 0.755. The zero-order valence-corrected chi connectivity index (χ0v) is 12.1. The van der Waals surface area contributed by atoms with Crippen molar-refractivity contribution in [3.05, 3.63) is 36.0 Å². The maximum atomic E-state index is 13.3. The Labute approximate surface area is 126 Å². The lowest BCUT2D eigenvalue weighted by Gasteiger charge is -2.02. The van der Waals surface area contributed by atoms with Crippen LogP contribution >= 0.6 is 0 Å². The number of nitrogens with zero attached hydrogens (tertiary/aromatic N) is 3. The number of amides is 1. The van der Waals surface area contributed by atoms with E-state index in [1.165, 1.54) is 16.8 Å². The van der Waals surface area contributed by atoms with Crippen molar-refractivity contribution in [1.82, 2.24) is 19.7 Å². The summed E-state index contributed by atoms with van der Waals surface area (Å²) in [5.41, 5.74) is 6.71. The van der Waals surface area contributed by atoms with E-state index in [0.29, 0.717) is 17.2 Å². The zero-order valence-electron chi connectivity index (χ0n) is 12.1. The number of benzene rings is 1. The van der Waals surface area contributed by atoms with Crippen LogP contribution in [0.3, 0.4) is 0 Å². The minimum absolute atomic E-state index is 0.0418. The summed E-state index contributed by atoms with van der Waals surface area (Å²) >= 11 is 0. The average Bonchev–Trinajstić information content (AvgIpc) is 3.02. The Kier molecular flexibility index (Phi) is 3.62. The molecule has 7 heteroatoms. The Morgan fingerprint density at radius 3 is 3.00 bits per heavy atom. The maximum absolute atomic E-state index is 13.3. The summed E-state index contributed by atoms with van der Waals surface area (Å²) < 4.78 is 14.8. The summed E-state index contributed by atoms with van der Waals surface area (Å²) in [4.78, 5) is 18.8. The minimum Gasteiger partial charge on any atom is -0.368 e. The summed E-state index contributed by atoms with van der Waals surface area (Å²) in [5.74, 6) is 0.418. The molecule has 2 aromatic heterocycles. The first kappa shape index (κ1) is 14.2. The number of hydrogen-bond donors (Lipinski definition) is 2. The predicted octanol–water partition coefficient (Wildman–Crippen LogP) is 2.00. The van der Waals surface area contributed by atoms with Crippen LogP contribution in [0.15, 0.2) is 24.4 Å². The lowest BCUT2D eigenvalue weighted by atomic mass is 10.1. The van der Waals surface area contributed by atoms with Gasteiger partial charge >= 0.3 is 0 Å². The van der Waals surface area contributed by atoms with Crippen LogP contribution in [0.2, 0.25) is 0 Å². The molecular formula is C15H16FN5O. The third-order valence-electron chi connectivity index (χ3n) is 3.38. The number of aryl methyl sites for hydroxylation is 1. The van der Waals surface area contributed by atoms with Gasteiger partial charge in [0, 0.05) is 29.1 Å². The van der Waals surface area contributed by atoms with Crippen LogP contribution in [0, 0.1) is 5.82 Å². The second-order valence-electron chi connectivity index (χ2n) is 5.12. The fourth-order valence-electron chi connectivity index (χ4n) is 2.46. The van der Waals surface area contributed by atoms with Crippen LogP contribution in [-0.4, -0.2) is 25.7 Å². The third kappa shape index (κ3) is 2.57. The number of halogens is 1. The number of carbonyl (C=O) groups excluding carboxylic acids is 1. The van der Waals surface area contributed by atoms with Gasteiger partial charge in [-0.2, -0.15) is 5.10 Å². The molecule has 2 heterocycles. The fourth-order valence-corrected chi connectivity index (χ4v) is 2.46. The van der Waals surface area contributed by atoms with Gasteiger partial charge in [0.15, 0.2) is 11.6 Å². The summed E-state index contributed by atoms with van der Waals surface area (Å²) in [7, 11) is 0. The molecule has 0 saturated heterocycles. The fraction of sp³-hybridized carbons (Fsp3) is 0.267. The molecule has 0 aliphatic heterocycles. The van der Waals surface area contributed by atoms with Gasteiger partial charge in [-0.1, -0.05) is 6.92 Å². The van der Waals surface area contributed by atoms with Gasteiger partial charge < -0.3 is 10.7 Å². The number of primary amides is 1. The molecular weight excluding hydrogens is 285 g/mol. The molecule has 0 unspecified atom stereocenters. The Bertz CT molecular complexity index is 836. The van der Waals surface area contributed by atoms with Crippen molar-refractivity contribution in [1.29, 1.82) is 0 Å². The molecule has 6 nitrogen and oxygen atoms in total. The van der Waals surface area contributed by atoms with E-state index >= 15 is 0 Å². The molecule has 1 amide bonds. The Morgan fingerprint density at radius 2 is 2.27 bits per heavy atom. The second kappa shape index (κ2) is 5.59. The molecule has 0 fully saturated rings. The van der Waals surface area contributed by atoms with E-state index in [2.05, 4.69) is 15.1 Å². The van der Waals surface area contributed by atoms with E-state index in [1.54, 1.807) is 12.3 Å². The number of nitrogens with two attached hydrogens (primary N) is 1. The molecule has 0 spiro atoms. The third-order valence-corrected chi connectivity index (χ3v) is 3.38. The van der Waals surface area contributed by atoms with Crippen molar-refractivity contribution < 1.29 is 9.18 Å².